The minimum atomic E-state index is -1.08. The van der Waals surface area contributed by atoms with Crippen LogP contribution in [0.2, 0.25) is 0 Å². The van der Waals surface area contributed by atoms with Crippen LogP contribution in [0.15, 0.2) is 47.5 Å². The molecule has 0 radical (unpaired) electrons. The summed E-state index contributed by atoms with van der Waals surface area (Å²) in [6, 6.07) is 10.8. The third kappa shape index (κ3) is 4.77. The highest BCUT2D eigenvalue weighted by Gasteiger charge is 2.15. The van der Waals surface area contributed by atoms with Crippen molar-refractivity contribution in [1.82, 2.24) is 0 Å². The Labute approximate surface area is 143 Å². The molecule has 0 fully saturated rings. The van der Waals surface area contributed by atoms with Crippen molar-refractivity contribution >= 4 is 23.6 Å². The van der Waals surface area contributed by atoms with Gasteiger partial charge in [0.2, 0.25) is 0 Å². The predicted molar refractivity (Wildman–Crippen MR) is 91.1 cm³/mol. The van der Waals surface area contributed by atoms with Gasteiger partial charge in [-0.3, -0.25) is 15.1 Å². The van der Waals surface area contributed by atoms with Gasteiger partial charge in [-0.05, 0) is 42.8 Å². The largest absolute Gasteiger partial charge is 0.493 e. The van der Waals surface area contributed by atoms with E-state index in [0.29, 0.717) is 22.7 Å². The molecule has 25 heavy (non-hydrogen) atoms. The van der Waals surface area contributed by atoms with Gasteiger partial charge in [-0.15, -0.1) is 0 Å². The molecule has 8 heteroatoms. The van der Waals surface area contributed by atoms with Crippen molar-refractivity contribution in [2.45, 2.75) is 13.0 Å². The first-order chi connectivity index (χ1) is 11.9. The molecule has 2 aromatic carbocycles. The highest BCUT2D eigenvalue weighted by Crippen LogP contribution is 2.29. The molecule has 0 aliphatic rings. The maximum absolute atomic E-state index is 10.9. The number of nitrogens with zero attached hydrogens (tertiary/aromatic N) is 2. The van der Waals surface area contributed by atoms with E-state index in [0.717, 1.165) is 0 Å². The fourth-order valence-corrected chi connectivity index (χ4v) is 1.91. The van der Waals surface area contributed by atoms with Crippen LogP contribution in [-0.4, -0.2) is 35.4 Å². The van der Waals surface area contributed by atoms with Gasteiger partial charge in [0.1, 0.15) is 0 Å². The summed E-state index contributed by atoms with van der Waals surface area (Å²) in [6.07, 6.45) is 0.558. The van der Waals surface area contributed by atoms with Crippen molar-refractivity contribution in [3.05, 3.63) is 58.1 Å². The molecule has 0 aromatic heterocycles. The molecule has 8 nitrogen and oxygen atoms in total. The SMILES string of the molecule is COc1cc(C=Nc2ccc([N+](=O)[O-])cc2)ccc1O[C@@H](C)C(=O)O. The van der Waals surface area contributed by atoms with Crippen LogP contribution in [0.1, 0.15) is 12.5 Å². The third-order valence-electron chi connectivity index (χ3n) is 3.26. The van der Waals surface area contributed by atoms with Gasteiger partial charge < -0.3 is 14.6 Å². The normalized spacial score (nSPS) is 11.9. The number of nitro benzene ring substituents is 1. The first-order valence-corrected chi connectivity index (χ1v) is 7.26. The van der Waals surface area contributed by atoms with Gasteiger partial charge in [-0.1, -0.05) is 0 Å². The molecule has 0 amide bonds. The van der Waals surface area contributed by atoms with Gasteiger partial charge in [0.15, 0.2) is 17.6 Å². The van der Waals surface area contributed by atoms with E-state index in [1.807, 2.05) is 0 Å². The van der Waals surface area contributed by atoms with Gasteiger partial charge in [0, 0.05) is 18.3 Å². The van der Waals surface area contributed by atoms with E-state index in [1.165, 1.54) is 38.3 Å². The van der Waals surface area contributed by atoms with Gasteiger partial charge in [0.25, 0.3) is 5.69 Å². The van der Waals surface area contributed by atoms with Crippen LogP contribution in [0.3, 0.4) is 0 Å². The molecule has 1 N–H and O–H groups in total. The number of carboxylic acid groups (broad SMARTS) is 1. The molecule has 0 unspecified atom stereocenters. The van der Waals surface area contributed by atoms with Crippen molar-refractivity contribution in [2.24, 2.45) is 4.99 Å². The predicted octanol–water partition coefficient (Wildman–Crippen LogP) is 3.21. The minimum absolute atomic E-state index is 0.00493. The quantitative estimate of drug-likeness (QED) is 0.469. The highest BCUT2D eigenvalue weighted by atomic mass is 16.6. The number of benzene rings is 2. The van der Waals surface area contributed by atoms with Gasteiger partial charge >= 0.3 is 5.97 Å². The highest BCUT2D eigenvalue weighted by molar-refractivity contribution is 5.83. The second kappa shape index (κ2) is 7.91. The Morgan fingerprint density at radius 1 is 1.24 bits per heavy atom. The summed E-state index contributed by atoms with van der Waals surface area (Å²) in [5.41, 5.74) is 1.25. The van der Waals surface area contributed by atoms with E-state index in [1.54, 1.807) is 24.4 Å². The molecule has 0 saturated carbocycles. The topological polar surface area (TPSA) is 111 Å². The number of non-ortho nitro benzene ring substituents is 1. The van der Waals surface area contributed by atoms with E-state index >= 15 is 0 Å². The molecule has 0 bridgehead atoms. The number of carbonyl (C=O) groups is 1. The molecule has 0 spiro atoms. The van der Waals surface area contributed by atoms with Crippen molar-refractivity contribution < 1.29 is 24.3 Å². The third-order valence-corrected chi connectivity index (χ3v) is 3.26. The zero-order valence-electron chi connectivity index (χ0n) is 13.6. The summed E-state index contributed by atoms with van der Waals surface area (Å²) in [6.45, 7) is 1.42. The lowest BCUT2D eigenvalue weighted by molar-refractivity contribution is -0.384. The zero-order chi connectivity index (χ0) is 18.4. The van der Waals surface area contributed by atoms with Crippen LogP contribution in [0.4, 0.5) is 11.4 Å². The zero-order valence-corrected chi connectivity index (χ0v) is 13.6. The van der Waals surface area contributed by atoms with Crippen molar-refractivity contribution in [1.29, 1.82) is 0 Å². The Kier molecular flexibility index (Phi) is 5.67. The fourth-order valence-electron chi connectivity index (χ4n) is 1.91. The molecule has 2 aromatic rings. The smallest absolute Gasteiger partial charge is 0.344 e. The first kappa shape index (κ1) is 17.9. The number of methoxy groups -OCH3 is 1. The lowest BCUT2D eigenvalue weighted by Gasteiger charge is -2.14. The number of hydrogen-bond acceptors (Lipinski definition) is 6. The number of rotatable bonds is 7. The van der Waals surface area contributed by atoms with Crippen molar-refractivity contribution in [3.63, 3.8) is 0 Å². The molecule has 130 valence electrons. The maximum atomic E-state index is 10.9. The van der Waals surface area contributed by atoms with Gasteiger partial charge in [-0.2, -0.15) is 0 Å². The van der Waals surface area contributed by atoms with E-state index in [-0.39, 0.29) is 5.69 Å². The number of hydrogen-bond donors (Lipinski definition) is 1. The van der Waals surface area contributed by atoms with Crippen LogP contribution in [0.5, 0.6) is 11.5 Å². The van der Waals surface area contributed by atoms with E-state index in [4.69, 9.17) is 14.6 Å². The molecular formula is C17H16N2O6. The van der Waals surface area contributed by atoms with Crippen LogP contribution in [0.25, 0.3) is 0 Å². The summed E-state index contributed by atoms with van der Waals surface area (Å²) in [7, 11) is 1.45. The minimum Gasteiger partial charge on any atom is -0.493 e. The number of ether oxygens (including phenoxy) is 2. The molecule has 0 saturated heterocycles. The monoisotopic (exact) mass is 344 g/mol. The van der Waals surface area contributed by atoms with Crippen LogP contribution < -0.4 is 9.47 Å². The van der Waals surface area contributed by atoms with E-state index < -0.39 is 17.0 Å². The number of aliphatic carboxylic acids is 1. The van der Waals surface area contributed by atoms with Crippen molar-refractivity contribution in [3.8, 4) is 11.5 Å². The Bertz CT molecular complexity index is 801. The Morgan fingerprint density at radius 3 is 2.48 bits per heavy atom. The lowest BCUT2D eigenvalue weighted by Crippen LogP contribution is -2.23. The molecule has 0 aliphatic heterocycles. The summed E-state index contributed by atoms with van der Waals surface area (Å²) in [5.74, 6) is -0.392. The summed E-state index contributed by atoms with van der Waals surface area (Å²) in [4.78, 5) is 25.2. The Hall–Kier alpha value is -3.42. The summed E-state index contributed by atoms with van der Waals surface area (Å²) in [5, 5.41) is 19.5. The molecule has 1 atom stereocenters. The van der Waals surface area contributed by atoms with E-state index in [2.05, 4.69) is 4.99 Å². The average molecular weight is 344 g/mol. The number of carboxylic acids is 1. The van der Waals surface area contributed by atoms with Gasteiger partial charge in [0.05, 0.1) is 17.7 Å². The van der Waals surface area contributed by atoms with Crippen LogP contribution in [0, 0.1) is 10.1 Å². The standard InChI is InChI=1S/C17H16N2O6/c1-11(17(20)21)25-15-8-3-12(9-16(15)24-2)10-18-13-4-6-14(7-5-13)19(22)23/h3-11H,1-2H3,(H,20,21)/t11-/m0/s1. The summed E-state index contributed by atoms with van der Waals surface area (Å²) >= 11 is 0. The second-order valence-electron chi connectivity index (χ2n) is 5.04. The summed E-state index contributed by atoms with van der Waals surface area (Å²) < 4.78 is 10.5. The second-order valence-corrected chi connectivity index (χ2v) is 5.04. The van der Waals surface area contributed by atoms with Crippen LogP contribution in [-0.2, 0) is 4.79 Å². The number of aliphatic imine (C=N–C) groups is 1. The molecular weight excluding hydrogens is 328 g/mol. The first-order valence-electron chi connectivity index (χ1n) is 7.26. The van der Waals surface area contributed by atoms with E-state index in [9.17, 15) is 14.9 Å². The average Bonchev–Trinajstić information content (AvgIpc) is 2.60. The fraction of sp³-hybridized carbons (Fsp3) is 0.176. The number of nitro groups is 1. The lowest BCUT2D eigenvalue weighted by atomic mass is 10.2. The van der Waals surface area contributed by atoms with Crippen molar-refractivity contribution in [2.75, 3.05) is 7.11 Å². The molecule has 2 rings (SSSR count). The Balaban J connectivity index is 2.16. The molecule has 0 aliphatic carbocycles. The molecule has 0 heterocycles. The van der Waals surface area contributed by atoms with Gasteiger partial charge in [-0.25, -0.2) is 4.79 Å². The van der Waals surface area contributed by atoms with Crippen LogP contribution >= 0.6 is 0 Å². The maximum Gasteiger partial charge on any atom is 0.344 e. The Morgan fingerprint density at radius 2 is 1.92 bits per heavy atom.